The normalized spacial score (nSPS) is 10.6. The van der Waals surface area contributed by atoms with Crippen LogP contribution in [0.1, 0.15) is 24.0 Å². The molecule has 1 aromatic heterocycles. The monoisotopic (exact) mass is 200 g/mol. The fourth-order valence-electron chi connectivity index (χ4n) is 0.969. The number of hydrogen-bond acceptors (Lipinski definition) is 4. The molecule has 1 aromatic rings. The van der Waals surface area contributed by atoms with Crippen molar-refractivity contribution in [1.29, 1.82) is 0 Å². The predicted octanol–water partition coefficient (Wildman–Crippen LogP) is 1.79. The van der Waals surface area contributed by atoms with E-state index in [9.17, 15) is 0 Å². The second-order valence-corrected chi connectivity index (χ2v) is 3.76. The minimum atomic E-state index is 0.647. The van der Waals surface area contributed by atoms with E-state index in [1.807, 2.05) is 7.05 Å². The molecular weight excluding hydrogens is 184 g/mol. The summed E-state index contributed by atoms with van der Waals surface area (Å²) in [6.07, 6.45) is 1.06. The van der Waals surface area contributed by atoms with Gasteiger partial charge in [-0.2, -0.15) is 0 Å². The summed E-state index contributed by atoms with van der Waals surface area (Å²) < 4.78 is 5.38. The summed E-state index contributed by atoms with van der Waals surface area (Å²) in [7, 11) is 1.93. The molecule has 3 nitrogen and oxygen atoms in total. The molecule has 0 fully saturated rings. The van der Waals surface area contributed by atoms with Crippen molar-refractivity contribution in [2.24, 2.45) is 0 Å². The molecular formula is C9H16N2OS. The van der Waals surface area contributed by atoms with Gasteiger partial charge in [-0.1, -0.05) is 6.92 Å². The molecule has 0 radical (unpaired) electrons. The van der Waals surface area contributed by atoms with Gasteiger partial charge in [0, 0.05) is 18.5 Å². The van der Waals surface area contributed by atoms with Crippen molar-refractivity contribution < 1.29 is 4.74 Å². The van der Waals surface area contributed by atoms with Gasteiger partial charge in [0.2, 0.25) is 0 Å². The molecule has 0 atom stereocenters. The first kappa shape index (κ1) is 10.6. The second-order valence-electron chi connectivity index (χ2n) is 2.82. The first-order valence-corrected chi connectivity index (χ1v) is 5.40. The Morgan fingerprint density at radius 2 is 2.46 bits per heavy atom. The van der Waals surface area contributed by atoms with E-state index in [1.165, 1.54) is 0 Å². The van der Waals surface area contributed by atoms with E-state index in [4.69, 9.17) is 4.74 Å². The van der Waals surface area contributed by atoms with E-state index in [0.717, 1.165) is 30.3 Å². The molecule has 74 valence electrons. The Bertz CT molecular complexity index is 237. The molecule has 0 aromatic carbocycles. The summed E-state index contributed by atoms with van der Waals surface area (Å²) in [5.74, 6) is 0. The van der Waals surface area contributed by atoms with Gasteiger partial charge in [-0.05, 0) is 13.5 Å². The predicted molar refractivity (Wildman–Crippen MR) is 54.8 cm³/mol. The Labute approximate surface area is 83.1 Å². The molecule has 13 heavy (non-hydrogen) atoms. The van der Waals surface area contributed by atoms with Crippen molar-refractivity contribution in [2.45, 2.75) is 26.5 Å². The molecule has 0 amide bonds. The van der Waals surface area contributed by atoms with E-state index in [-0.39, 0.29) is 0 Å². The van der Waals surface area contributed by atoms with Gasteiger partial charge >= 0.3 is 0 Å². The largest absolute Gasteiger partial charge is 0.375 e. The quantitative estimate of drug-likeness (QED) is 0.711. The zero-order valence-corrected chi connectivity index (χ0v) is 8.99. The van der Waals surface area contributed by atoms with Crippen molar-refractivity contribution in [3.63, 3.8) is 0 Å². The Balaban J connectivity index is 2.31. The van der Waals surface area contributed by atoms with Gasteiger partial charge in [-0.25, -0.2) is 4.98 Å². The molecule has 0 aliphatic heterocycles. The van der Waals surface area contributed by atoms with Crippen LogP contribution in [0, 0.1) is 0 Å². The van der Waals surface area contributed by atoms with Gasteiger partial charge in [-0.3, -0.25) is 0 Å². The summed E-state index contributed by atoms with van der Waals surface area (Å²) in [4.78, 5) is 4.40. The van der Waals surface area contributed by atoms with Gasteiger partial charge in [0.05, 0.1) is 12.3 Å². The molecule has 0 aliphatic rings. The lowest BCUT2D eigenvalue weighted by Crippen LogP contribution is -2.04. The summed E-state index contributed by atoms with van der Waals surface area (Å²) in [6.45, 7) is 4.42. The fourth-order valence-corrected chi connectivity index (χ4v) is 1.76. The lowest BCUT2D eigenvalue weighted by atomic mass is 10.5. The molecule has 1 rings (SSSR count). The number of hydrogen-bond donors (Lipinski definition) is 1. The lowest BCUT2D eigenvalue weighted by Gasteiger charge is -1.97. The highest BCUT2D eigenvalue weighted by atomic mass is 32.1. The van der Waals surface area contributed by atoms with Crippen molar-refractivity contribution in [2.75, 3.05) is 13.7 Å². The SMILES string of the molecule is CCCOCc1csc(CNC)n1. The van der Waals surface area contributed by atoms with Crippen LogP contribution in [0.15, 0.2) is 5.38 Å². The summed E-state index contributed by atoms with van der Waals surface area (Å²) in [5, 5.41) is 6.25. The minimum absolute atomic E-state index is 0.647. The van der Waals surface area contributed by atoms with Gasteiger partial charge in [0.15, 0.2) is 0 Å². The number of rotatable bonds is 6. The molecule has 0 aliphatic carbocycles. The maximum absolute atomic E-state index is 5.38. The highest BCUT2D eigenvalue weighted by Crippen LogP contribution is 2.10. The Morgan fingerprint density at radius 3 is 3.15 bits per heavy atom. The van der Waals surface area contributed by atoms with Crippen molar-refractivity contribution in [1.82, 2.24) is 10.3 Å². The van der Waals surface area contributed by atoms with E-state index < -0.39 is 0 Å². The molecule has 4 heteroatoms. The molecule has 0 spiro atoms. The number of nitrogens with zero attached hydrogens (tertiary/aromatic N) is 1. The maximum atomic E-state index is 5.38. The molecule has 1 heterocycles. The third-order valence-electron chi connectivity index (χ3n) is 1.53. The van der Waals surface area contributed by atoms with Crippen LogP contribution in [0.25, 0.3) is 0 Å². The smallest absolute Gasteiger partial charge is 0.107 e. The topological polar surface area (TPSA) is 34.1 Å². The Morgan fingerprint density at radius 1 is 1.62 bits per heavy atom. The number of thiazole rings is 1. The highest BCUT2D eigenvalue weighted by Gasteiger charge is 2.00. The van der Waals surface area contributed by atoms with E-state index in [0.29, 0.717) is 6.61 Å². The second kappa shape index (κ2) is 6.07. The van der Waals surface area contributed by atoms with Crippen LogP contribution in [0.4, 0.5) is 0 Å². The minimum Gasteiger partial charge on any atom is -0.375 e. The molecule has 0 saturated heterocycles. The molecule has 1 N–H and O–H groups in total. The summed E-state index contributed by atoms with van der Waals surface area (Å²) in [5.41, 5.74) is 1.05. The fraction of sp³-hybridized carbons (Fsp3) is 0.667. The van der Waals surface area contributed by atoms with Crippen LogP contribution < -0.4 is 5.32 Å². The first-order chi connectivity index (χ1) is 6.36. The van der Waals surface area contributed by atoms with Crippen molar-refractivity contribution in [3.05, 3.63) is 16.1 Å². The van der Waals surface area contributed by atoms with Crippen molar-refractivity contribution >= 4 is 11.3 Å². The Hall–Kier alpha value is -0.450. The maximum Gasteiger partial charge on any atom is 0.107 e. The number of ether oxygens (including phenoxy) is 1. The van der Waals surface area contributed by atoms with E-state index >= 15 is 0 Å². The summed E-state index contributed by atoms with van der Waals surface area (Å²) in [6, 6.07) is 0. The zero-order chi connectivity index (χ0) is 9.52. The van der Waals surface area contributed by atoms with Crippen LogP contribution >= 0.6 is 11.3 Å². The molecule has 0 bridgehead atoms. The van der Waals surface area contributed by atoms with Gasteiger partial charge in [-0.15, -0.1) is 11.3 Å². The number of aromatic nitrogens is 1. The average Bonchev–Trinajstić information content (AvgIpc) is 2.54. The highest BCUT2D eigenvalue weighted by molar-refractivity contribution is 7.09. The van der Waals surface area contributed by atoms with Gasteiger partial charge in [0.25, 0.3) is 0 Å². The van der Waals surface area contributed by atoms with Crippen LogP contribution in [0.2, 0.25) is 0 Å². The van der Waals surface area contributed by atoms with Crippen LogP contribution in [0.3, 0.4) is 0 Å². The molecule has 0 saturated carbocycles. The van der Waals surface area contributed by atoms with Crippen LogP contribution in [-0.2, 0) is 17.9 Å². The zero-order valence-electron chi connectivity index (χ0n) is 8.17. The number of nitrogens with one attached hydrogen (secondary N) is 1. The molecule has 0 unspecified atom stereocenters. The van der Waals surface area contributed by atoms with Crippen molar-refractivity contribution in [3.8, 4) is 0 Å². The first-order valence-electron chi connectivity index (χ1n) is 4.52. The van der Waals surface area contributed by atoms with Crippen LogP contribution in [-0.4, -0.2) is 18.6 Å². The summed E-state index contributed by atoms with van der Waals surface area (Å²) >= 11 is 1.68. The third kappa shape index (κ3) is 3.85. The van der Waals surface area contributed by atoms with Gasteiger partial charge < -0.3 is 10.1 Å². The average molecular weight is 200 g/mol. The lowest BCUT2D eigenvalue weighted by molar-refractivity contribution is 0.119. The van der Waals surface area contributed by atoms with E-state index in [2.05, 4.69) is 22.6 Å². The standard InChI is InChI=1S/C9H16N2OS/c1-3-4-12-6-8-7-13-9(11-8)5-10-2/h7,10H,3-6H2,1-2H3. The van der Waals surface area contributed by atoms with Crippen LogP contribution in [0.5, 0.6) is 0 Å². The Kier molecular flexibility index (Phi) is 4.97. The van der Waals surface area contributed by atoms with E-state index in [1.54, 1.807) is 11.3 Å². The third-order valence-corrected chi connectivity index (χ3v) is 2.42. The van der Waals surface area contributed by atoms with Gasteiger partial charge in [0.1, 0.15) is 5.01 Å².